The quantitative estimate of drug-likeness (QED) is 0.183. The van der Waals surface area contributed by atoms with E-state index in [1.54, 1.807) is 0 Å². The van der Waals surface area contributed by atoms with E-state index in [-0.39, 0.29) is 0 Å². The van der Waals surface area contributed by atoms with Gasteiger partial charge in [0.2, 0.25) is 0 Å². The van der Waals surface area contributed by atoms with Crippen molar-refractivity contribution in [2.75, 3.05) is 0 Å². The molecule has 0 unspecified atom stereocenters. The Morgan fingerprint density at radius 2 is 0.891 bits per heavy atom. The molecular weight excluding hydrogens is 556 g/mol. The molecule has 2 heterocycles. The standard InChI is InChI=1S/C44H28N2/c1-2-10-33(11-3-1)46-42-17-9-8-16-39(42)40-25-20-30-26-27-45(43(30)44(40)46)32-22-18-29(19-23-32)31-21-24-38-36-14-5-4-12-34(36)35-13-6-7-15-37(35)41(38)28-31/h1-28H. The van der Waals surface area contributed by atoms with Gasteiger partial charge in [-0.25, -0.2) is 0 Å². The predicted octanol–water partition coefficient (Wildman–Crippen LogP) is 11.9. The summed E-state index contributed by atoms with van der Waals surface area (Å²) in [5, 5.41) is 11.6. The first-order chi connectivity index (χ1) is 22.8. The van der Waals surface area contributed by atoms with Gasteiger partial charge >= 0.3 is 0 Å². The molecule has 2 aromatic heterocycles. The highest BCUT2D eigenvalue weighted by atomic mass is 15.0. The van der Waals surface area contributed by atoms with E-state index in [1.165, 1.54) is 81.8 Å². The van der Waals surface area contributed by atoms with Gasteiger partial charge in [0, 0.05) is 33.7 Å². The van der Waals surface area contributed by atoms with E-state index in [1.807, 2.05) is 0 Å². The van der Waals surface area contributed by atoms with Gasteiger partial charge in [0.05, 0.1) is 16.6 Å². The number of aromatic nitrogens is 2. The number of hydrogen-bond acceptors (Lipinski definition) is 0. The smallest absolute Gasteiger partial charge is 0.0788 e. The molecule has 214 valence electrons. The molecule has 2 heteroatoms. The third-order valence-corrected chi connectivity index (χ3v) is 9.72. The van der Waals surface area contributed by atoms with Crippen LogP contribution >= 0.6 is 0 Å². The highest BCUT2D eigenvalue weighted by Crippen LogP contribution is 2.39. The molecule has 46 heavy (non-hydrogen) atoms. The van der Waals surface area contributed by atoms with Crippen molar-refractivity contribution in [3.05, 3.63) is 170 Å². The minimum absolute atomic E-state index is 1.15. The van der Waals surface area contributed by atoms with Crippen LogP contribution < -0.4 is 0 Å². The Bertz CT molecular complexity index is 2740. The first kappa shape index (κ1) is 25.2. The largest absolute Gasteiger partial charge is 0.315 e. The molecule has 0 aliphatic carbocycles. The van der Waals surface area contributed by atoms with Crippen LogP contribution in [0.1, 0.15) is 0 Å². The summed E-state index contributed by atoms with van der Waals surface area (Å²) in [6.45, 7) is 0. The van der Waals surface area contributed by atoms with Crippen LogP contribution in [-0.4, -0.2) is 9.13 Å². The highest BCUT2D eigenvalue weighted by molar-refractivity contribution is 6.25. The summed E-state index contributed by atoms with van der Waals surface area (Å²) in [6.07, 6.45) is 2.21. The van der Waals surface area contributed by atoms with Crippen molar-refractivity contribution in [2.24, 2.45) is 0 Å². The summed E-state index contributed by atoms with van der Waals surface area (Å²) in [6, 6.07) is 59.7. The summed E-state index contributed by atoms with van der Waals surface area (Å²) in [5.41, 5.74) is 8.42. The molecule has 0 fully saturated rings. The Labute approximate surface area is 266 Å². The van der Waals surface area contributed by atoms with Crippen molar-refractivity contribution in [1.82, 2.24) is 9.13 Å². The molecule has 0 bridgehead atoms. The van der Waals surface area contributed by atoms with Crippen LogP contribution in [0.15, 0.2) is 170 Å². The number of fused-ring (bicyclic) bond motifs is 11. The predicted molar refractivity (Wildman–Crippen MR) is 196 cm³/mol. The summed E-state index contributed by atoms with van der Waals surface area (Å²) in [7, 11) is 0. The lowest BCUT2D eigenvalue weighted by molar-refractivity contribution is 1.12. The SMILES string of the molecule is c1ccc(-n2c3ccccc3c3ccc4ccn(-c5ccc(-c6ccc7c8ccccc8c8ccccc8c7c6)cc5)c4c32)cc1. The van der Waals surface area contributed by atoms with Crippen molar-refractivity contribution in [2.45, 2.75) is 0 Å². The topological polar surface area (TPSA) is 9.86 Å². The van der Waals surface area contributed by atoms with Crippen LogP contribution in [0.4, 0.5) is 0 Å². The van der Waals surface area contributed by atoms with Gasteiger partial charge in [-0.2, -0.15) is 0 Å². The maximum atomic E-state index is 2.42. The second-order valence-electron chi connectivity index (χ2n) is 12.2. The molecule has 0 aliphatic heterocycles. The zero-order valence-corrected chi connectivity index (χ0v) is 25.1. The third kappa shape index (κ3) is 3.59. The van der Waals surface area contributed by atoms with Crippen LogP contribution in [-0.2, 0) is 0 Å². The van der Waals surface area contributed by atoms with E-state index in [9.17, 15) is 0 Å². The average Bonchev–Trinajstić information content (AvgIpc) is 3.72. The monoisotopic (exact) mass is 584 g/mol. The number of para-hydroxylation sites is 2. The van der Waals surface area contributed by atoms with Gasteiger partial charge in [-0.05, 0) is 85.9 Å². The molecular formula is C44H28N2. The van der Waals surface area contributed by atoms with Crippen molar-refractivity contribution >= 4 is 65.0 Å². The Kier molecular flexibility index (Phi) is 5.31. The molecule has 0 radical (unpaired) electrons. The Balaban J connectivity index is 1.15. The molecule has 0 aliphatic rings. The summed E-state index contributed by atoms with van der Waals surface area (Å²) in [4.78, 5) is 0. The lowest BCUT2D eigenvalue weighted by atomic mass is 9.92. The fraction of sp³-hybridized carbons (Fsp3) is 0. The lowest BCUT2D eigenvalue weighted by Gasteiger charge is -2.13. The van der Waals surface area contributed by atoms with E-state index in [2.05, 4.69) is 179 Å². The minimum atomic E-state index is 1.15. The molecule has 0 spiro atoms. The zero-order valence-electron chi connectivity index (χ0n) is 25.1. The van der Waals surface area contributed by atoms with Gasteiger partial charge < -0.3 is 9.13 Å². The van der Waals surface area contributed by atoms with Crippen LogP contribution in [0, 0.1) is 0 Å². The van der Waals surface area contributed by atoms with Crippen LogP contribution in [0.2, 0.25) is 0 Å². The summed E-state index contributed by atoms with van der Waals surface area (Å²) < 4.78 is 4.76. The number of nitrogens with zero attached hydrogens (tertiary/aromatic N) is 2. The van der Waals surface area contributed by atoms with E-state index in [4.69, 9.17) is 0 Å². The van der Waals surface area contributed by atoms with Crippen molar-refractivity contribution in [3.8, 4) is 22.5 Å². The normalized spacial score (nSPS) is 11.9. The Morgan fingerprint density at radius 1 is 0.326 bits per heavy atom. The Morgan fingerprint density at radius 3 is 1.61 bits per heavy atom. The minimum Gasteiger partial charge on any atom is -0.315 e. The van der Waals surface area contributed by atoms with E-state index >= 15 is 0 Å². The highest BCUT2D eigenvalue weighted by Gasteiger charge is 2.18. The van der Waals surface area contributed by atoms with Gasteiger partial charge in [0.15, 0.2) is 0 Å². The molecule has 8 aromatic carbocycles. The lowest BCUT2D eigenvalue weighted by Crippen LogP contribution is -1.97. The van der Waals surface area contributed by atoms with Crippen molar-refractivity contribution in [1.29, 1.82) is 0 Å². The third-order valence-electron chi connectivity index (χ3n) is 9.72. The van der Waals surface area contributed by atoms with Gasteiger partial charge in [0.1, 0.15) is 0 Å². The van der Waals surface area contributed by atoms with E-state index in [0.717, 1.165) is 5.69 Å². The van der Waals surface area contributed by atoms with E-state index < -0.39 is 0 Å². The van der Waals surface area contributed by atoms with Crippen LogP contribution in [0.5, 0.6) is 0 Å². The number of hydrogen-bond donors (Lipinski definition) is 0. The maximum Gasteiger partial charge on any atom is 0.0788 e. The molecule has 0 saturated heterocycles. The molecule has 10 rings (SSSR count). The molecule has 0 atom stereocenters. The van der Waals surface area contributed by atoms with Crippen molar-refractivity contribution in [3.63, 3.8) is 0 Å². The fourth-order valence-electron chi connectivity index (χ4n) is 7.63. The zero-order chi connectivity index (χ0) is 30.2. The number of benzene rings is 8. The molecule has 0 N–H and O–H groups in total. The second-order valence-corrected chi connectivity index (χ2v) is 12.2. The van der Waals surface area contributed by atoms with E-state index in [0.29, 0.717) is 0 Å². The van der Waals surface area contributed by atoms with Gasteiger partial charge in [-0.3, -0.25) is 0 Å². The van der Waals surface area contributed by atoms with Crippen LogP contribution in [0.3, 0.4) is 0 Å². The average molecular weight is 585 g/mol. The fourth-order valence-corrected chi connectivity index (χ4v) is 7.63. The van der Waals surface area contributed by atoms with Gasteiger partial charge in [0.25, 0.3) is 0 Å². The van der Waals surface area contributed by atoms with Gasteiger partial charge in [-0.1, -0.05) is 121 Å². The number of rotatable bonds is 3. The first-order valence-electron chi connectivity index (χ1n) is 15.9. The van der Waals surface area contributed by atoms with Gasteiger partial charge in [-0.15, -0.1) is 0 Å². The molecule has 10 aromatic rings. The molecule has 0 saturated carbocycles. The molecule has 2 nitrogen and oxygen atoms in total. The summed E-state index contributed by atoms with van der Waals surface area (Å²) in [5.74, 6) is 0. The van der Waals surface area contributed by atoms with Crippen molar-refractivity contribution < 1.29 is 0 Å². The molecule has 0 amide bonds. The first-order valence-corrected chi connectivity index (χ1v) is 15.9. The van der Waals surface area contributed by atoms with Crippen LogP contribution in [0.25, 0.3) is 87.5 Å². The second kappa shape index (κ2) is 9.69. The maximum absolute atomic E-state index is 2.42. The summed E-state index contributed by atoms with van der Waals surface area (Å²) >= 11 is 0. The Hall–Kier alpha value is -6.12.